The van der Waals surface area contributed by atoms with Gasteiger partial charge >= 0.3 is 0 Å². The fraction of sp³-hybridized carbons (Fsp3) is 0.857. The Kier molecular flexibility index (Phi) is 5.63. The second kappa shape index (κ2) is 7.48. The normalized spacial score (nSPS) is 19.9. The second-order valence-electron chi connectivity index (χ2n) is 5.59. The van der Waals surface area contributed by atoms with E-state index in [1.807, 2.05) is 0 Å². The molecule has 1 aromatic heterocycles. The number of H-pyrrole nitrogens is 1. The lowest BCUT2D eigenvalue weighted by atomic mass is 10.1. The maximum Gasteiger partial charge on any atom is 0.244 e. The Labute approximate surface area is 116 Å². The van der Waals surface area contributed by atoms with E-state index in [9.17, 15) is 0 Å². The Hall–Kier alpha value is -1.10. The molecule has 1 atom stereocenters. The number of anilines is 1. The SMILES string of the molecule is CCCCCCCc1nc(N2CCCC(N)C2)n[nH]1. The summed E-state index contributed by atoms with van der Waals surface area (Å²) >= 11 is 0. The molecule has 1 saturated heterocycles. The third kappa shape index (κ3) is 4.49. The van der Waals surface area contributed by atoms with Crippen molar-refractivity contribution in [1.82, 2.24) is 15.2 Å². The minimum Gasteiger partial charge on any atom is -0.338 e. The zero-order chi connectivity index (χ0) is 13.5. The summed E-state index contributed by atoms with van der Waals surface area (Å²) in [5.41, 5.74) is 5.99. The van der Waals surface area contributed by atoms with Gasteiger partial charge < -0.3 is 10.6 Å². The molecule has 0 aliphatic carbocycles. The highest BCUT2D eigenvalue weighted by Gasteiger charge is 2.19. The lowest BCUT2D eigenvalue weighted by Crippen LogP contribution is -2.43. The number of piperidine rings is 1. The molecule has 5 heteroatoms. The molecule has 19 heavy (non-hydrogen) atoms. The van der Waals surface area contributed by atoms with Crippen molar-refractivity contribution in [2.75, 3.05) is 18.0 Å². The van der Waals surface area contributed by atoms with Gasteiger partial charge in [0, 0.05) is 25.6 Å². The first kappa shape index (κ1) is 14.3. The molecule has 1 aliphatic heterocycles. The van der Waals surface area contributed by atoms with Crippen molar-refractivity contribution in [1.29, 1.82) is 0 Å². The summed E-state index contributed by atoms with van der Waals surface area (Å²) in [5, 5.41) is 7.39. The molecule has 0 bridgehead atoms. The van der Waals surface area contributed by atoms with E-state index in [1.54, 1.807) is 0 Å². The molecule has 2 rings (SSSR count). The van der Waals surface area contributed by atoms with Gasteiger partial charge in [-0.2, -0.15) is 4.98 Å². The maximum atomic E-state index is 5.99. The molecule has 0 spiro atoms. The number of unbranched alkanes of at least 4 members (excludes halogenated alkanes) is 4. The maximum absolute atomic E-state index is 5.99. The minimum atomic E-state index is 0.268. The summed E-state index contributed by atoms with van der Waals surface area (Å²) in [6.45, 7) is 4.15. The molecule has 3 N–H and O–H groups in total. The zero-order valence-corrected chi connectivity index (χ0v) is 12.1. The highest BCUT2D eigenvalue weighted by molar-refractivity contribution is 5.29. The quantitative estimate of drug-likeness (QED) is 0.742. The number of hydrogen-bond donors (Lipinski definition) is 2. The summed E-state index contributed by atoms with van der Waals surface area (Å²) in [7, 11) is 0. The van der Waals surface area contributed by atoms with Gasteiger partial charge in [0.05, 0.1) is 0 Å². The van der Waals surface area contributed by atoms with Crippen LogP contribution in [0.4, 0.5) is 5.95 Å². The van der Waals surface area contributed by atoms with Gasteiger partial charge in [-0.25, -0.2) is 0 Å². The molecule has 5 nitrogen and oxygen atoms in total. The van der Waals surface area contributed by atoms with Crippen molar-refractivity contribution >= 4 is 5.95 Å². The fourth-order valence-corrected chi connectivity index (χ4v) is 2.63. The smallest absolute Gasteiger partial charge is 0.244 e. The van der Waals surface area contributed by atoms with E-state index < -0.39 is 0 Å². The largest absolute Gasteiger partial charge is 0.338 e. The van der Waals surface area contributed by atoms with E-state index in [2.05, 4.69) is 27.0 Å². The van der Waals surface area contributed by atoms with Crippen molar-refractivity contribution in [3.05, 3.63) is 5.82 Å². The monoisotopic (exact) mass is 265 g/mol. The van der Waals surface area contributed by atoms with Crippen LogP contribution in [0.2, 0.25) is 0 Å². The number of hydrogen-bond acceptors (Lipinski definition) is 4. The first-order valence-corrected chi connectivity index (χ1v) is 7.71. The lowest BCUT2D eigenvalue weighted by molar-refractivity contribution is 0.500. The highest BCUT2D eigenvalue weighted by Crippen LogP contribution is 2.15. The van der Waals surface area contributed by atoms with Gasteiger partial charge in [0.2, 0.25) is 5.95 Å². The first-order valence-electron chi connectivity index (χ1n) is 7.71. The molecule has 108 valence electrons. The Bertz CT molecular complexity index is 362. The standard InChI is InChI=1S/C14H27N5/c1-2-3-4-5-6-9-13-16-14(18-17-13)19-10-7-8-12(15)11-19/h12H,2-11,15H2,1H3,(H,16,17,18). The second-order valence-corrected chi connectivity index (χ2v) is 5.59. The molecular formula is C14H27N5. The number of aromatic amines is 1. The van der Waals surface area contributed by atoms with Gasteiger partial charge in [0.1, 0.15) is 5.82 Å². The fourth-order valence-electron chi connectivity index (χ4n) is 2.63. The predicted octanol–water partition coefficient (Wildman–Crippen LogP) is 2.25. The minimum absolute atomic E-state index is 0.268. The summed E-state index contributed by atoms with van der Waals surface area (Å²) in [6, 6.07) is 0.268. The van der Waals surface area contributed by atoms with Gasteiger partial charge in [0.25, 0.3) is 0 Å². The van der Waals surface area contributed by atoms with Gasteiger partial charge in [0.15, 0.2) is 0 Å². The molecule has 1 unspecified atom stereocenters. The van der Waals surface area contributed by atoms with Gasteiger partial charge in [-0.15, -0.1) is 5.10 Å². The Morgan fingerprint density at radius 3 is 2.95 bits per heavy atom. The van der Waals surface area contributed by atoms with Crippen LogP contribution in [0, 0.1) is 0 Å². The Morgan fingerprint density at radius 2 is 2.16 bits per heavy atom. The van der Waals surface area contributed by atoms with Gasteiger partial charge in [-0.1, -0.05) is 32.6 Å². The average molecular weight is 265 g/mol. The third-order valence-corrected chi connectivity index (χ3v) is 3.78. The van der Waals surface area contributed by atoms with Crippen LogP contribution in [0.5, 0.6) is 0 Å². The molecule has 0 aromatic carbocycles. The van der Waals surface area contributed by atoms with Crippen molar-refractivity contribution in [2.24, 2.45) is 5.73 Å². The molecular weight excluding hydrogens is 238 g/mol. The predicted molar refractivity (Wildman–Crippen MR) is 78.3 cm³/mol. The van der Waals surface area contributed by atoms with E-state index in [0.717, 1.165) is 44.1 Å². The molecule has 1 fully saturated rings. The van der Waals surface area contributed by atoms with Crippen LogP contribution < -0.4 is 10.6 Å². The number of nitrogens with zero attached hydrogens (tertiary/aromatic N) is 3. The summed E-state index contributed by atoms with van der Waals surface area (Å²) in [4.78, 5) is 6.79. The van der Waals surface area contributed by atoms with Gasteiger partial charge in [-0.05, 0) is 19.3 Å². The van der Waals surface area contributed by atoms with Crippen molar-refractivity contribution in [2.45, 2.75) is 64.3 Å². The topological polar surface area (TPSA) is 70.8 Å². The van der Waals surface area contributed by atoms with Crippen LogP contribution in [0.1, 0.15) is 57.7 Å². The van der Waals surface area contributed by atoms with Gasteiger partial charge in [-0.3, -0.25) is 5.10 Å². The number of rotatable bonds is 7. The summed E-state index contributed by atoms with van der Waals surface area (Å²) in [6.07, 6.45) is 9.73. The van der Waals surface area contributed by atoms with Crippen LogP contribution in [0.3, 0.4) is 0 Å². The van der Waals surface area contributed by atoms with Crippen LogP contribution in [-0.4, -0.2) is 34.3 Å². The number of nitrogens with one attached hydrogen (secondary N) is 1. The van der Waals surface area contributed by atoms with E-state index in [-0.39, 0.29) is 6.04 Å². The summed E-state index contributed by atoms with van der Waals surface area (Å²) < 4.78 is 0. The van der Waals surface area contributed by atoms with Crippen LogP contribution in [0.15, 0.2) is 0 Å². The van der Waals surface area contributed by atoms with Crippen molar-refractivity contribution in [3.8, 4) is 0 Å². The average Bonchev–Trinajstić information content (AvgIpc) is 2.87. The number of aryl methyl sites for hydroxylation is 1. The molecule has 0 amide bonds. The van der Waals surface area contributed by atoms with Crippen LogP contribution >= 0.6 is 0 Å². The van der Waals surface area contributed by atoms with E-state index >= 15 is 0 Å². The Morgan fingerprint density at radius 1 is 1.32 bits per heavy atom. The highest BCUT2D eigenvalue weighted by atomic mass is 15.4. The number of aromatic nitrogens is 3. The Balaban J connectivity index is 1.75. The number of nitrogens with two attached hydrogens (primary N) is 1. The third-order valence-electron chi connectivity index (χ3n) is 3.78. The molecule has 1 aromatic rings. The molecule has 1 aliphatic rings. The van der Waals surface area contributed by atoms with Crippen LogP contribution in [-0.2, 0) is 6.42 Å². The zero-order valence-electron chi connectivity index (χ0n) is 12.1. The van der Waals surface area contributed by atoms with Crippen LogP contribution in [0.25, 0.3) is 0 Å². The molecule has 0 saturated carbocycles. The van der Waals surface area contributed by atoms with Crippen molar-refractivity contribution < 1.29 is 0 Å². The summed E-state index contributed by atoms with van der Waals surface area (Å²) in [5.74, 6) is 1.85. The first-order chi connectivity index (χ1) is 9.29. The van der Waals surface area contributed by atoms with E-state index in [4.69, 9.17) is 5.73 Å². The molecule has 0 radical (unpaired) electrons. The van der Waals surface area contributed by atoms with Crippen molar-refractivity contribution in [3.63, 3.8) is 0 Å². The van der Waals surface area contributed by atoms with E-state index in [0.29, 0.717) is 0 Å². The van der Waals surface area contributed by atoms with E-state index in [1.165, 1.54) is 32.1 Å². The molecule has 2 heterocycles. The lowest BCUT2D eigenvalue weighted by Gasteiger charge is -2.29.